The molecule has 1 aromatic carbocycles. The van der Waals surface area contributed by atoms with Gasteiger partial charge in [-0.05, 0) is 24.5 Å². The van der Waals surface area contributed by atoms with Crippen molar-refractivity contribution < 1.29 is 9.18 Å². The number of rotatable bonds is 4. The SMILES string of the molecule is CSCCNC(=O)c1ccc(N)c(F)c1. The van der Waals surface area contributed by atoms with Gasteiger partial charge in [0.25, 0.3) is 5.91 Å². The van der Waals surface area contributed by atoms with Gasteiger partial charge in [-0.25, -0.2) is 4.39 Å². The Morgan fingerprint density at radius 3 is 2.93 bits per heavy atom. The summed E-state index contributed by atoms with van der Waals surface area (Å²) in [6.07, 6.45) is 1.95. The van der Waals surface area contributed by atoms with Crippen molar-refractivity contribution in [3.63, 3.8) is 0 Å². The maximum Gasteiger partial charge on any atom is 0.251 e. The molecule has 1 amide bonds. The van der Waals surface area contributed by atoms with Crippen LogP contribution in [0.25, 0.3) is 0 Å². The molecule has 0 aliphatic heterocycles. The van der Waals surface area contributed by atoms with Gasteiger partial charge >= 0.3 is 0 Å². The molecule has 0 radical (unpaired) electrons. The van der Waals surface area contributed by atoms with Crippen LogP contribution in [0.5, 0.6) is 0 Å². The minimum absolute atomic E-state index is 0.0515. The number of anilines is 1. The van der Waals surface area contributed by atoms with Crippen LogP contribution in [0.4, 0.5) is 10.1 Å². The number of amides is 1. The van der Waals surface area contributed by atoms with Crippen LogP contribution in [0, 0.1) is 5.82 Å². The van der Waals surface area contributed by atoms with Gasteiger partial charge in [0.05, 0.1) is 5.69 Å². The number of nitrogens with one attached hydrogen (secondary N) is 1. The van der Waals surface area contributed by atoms with E-state index in [4.69, 9.17) is 5.73 Å². The number of nitrogens with two attached hydrogens (primary N) is 1. The third kappa shape index (κ3) is 3.43. The summed E-state index contributed by atoms with van der Waals surface area (Å²) in [6.45, 7) is 0.575. The van der Waals surface area contributed by atoms with Crippen LogP contribution in [0.2, 0.25) is 0 Å². The number of carbonyl (C=O) groups is 1. The fourth-order valence-corrected chi connectivity index (χ4v) is 1.34. The van der Waals surface area contributed by atoms with Crippen molar-refractivity contribution in [1.82, 2.24) is 5.32 Å². The lowest BCUT2D eigenvalue weighted by molar-refractivity contribution is 0.0956. The smallest absolute Gasteiger partial charge is 0.251 e. The molecule has 0 saturated heterocycles. The molecule has 0 atom stereocenters. The first-order valence-corrected chi connectivity index (χ1v) is 5.86. The Bertz CT molecular complexity index is 357. The monoisotopic (exact) mass is 228 g/mol. The average Bonchev–Trinajstić information content (AvgIpc) is 2.22. The maximum atomic E-state index is 13.0. The first kappa shape index (κ1) is 11.8. The number of carbonyl (C=O) groups excluding carboxylic acids is 1. The summed E-state index contributed by atoms with van der Waals surface area (Å²) in [5.41, 5.74) is 5.65. The molecule has 1 rings (SSSR count). The zero-order valence-electron chi connectivity index (χ0n) is 8.42. The van der Waals surface area contributed by atoms with Crippen molar-refractivity contribution in [3.05, 3.63) is 29.6 Å². The highest BCUT2D eigenvalue weighted by molar-refractivity contribution is 7.98. The van der Waals surface area contributed by atoms with E-state index in [2.05, 4.69) is 5.32 Å². The summed E-state index contributed by atoms with van der Waals surface area (Å²) in [5, 5.41) is 2.68. The zero-order valence-corrected chi connectivity index (χ0v) is 9.23. The molecule has 0 bridgehead atoms. The van der Waals surface area contributed by atoms with Gasteiger partial charge in [-0.15, -0.1) is 0 Å². The molecular weight excluding hydrogens is 215 g/mol. The average molecular weight is 228 g/mol. The number of hydrogen-bond acceptors (Lipinski definition) is 3. The molecule has 0 aliphatic rings. The molecule has 15 heavy (non-hydrogen) atoms. The first-order valence-electron chi connectivity index (χ1n) is 4.47. The molecule has 3 N–H and O–H groups in total. The first-order chi connectivity index (χ1) is 7.15. The summed E-state index contributed by atoms with van der Waals surface area (Å²) in [6, 6.07) is 4.04. The molecule has 0 aliphatic carbocycles. The predicted molar refractivity (Wildman–Crippen MR) is 61.5 cm³/mol. The number of benzene rings is 1. The van der Waals surface area contributed by atoms with Crippen molar-refractivity contribution in [1.29, 1.82) is 0 Å². The van der Waals surface area contributed by atoms with Crippen LogP contribution in [0.3, 0.4) is 0 Å². The van der Waals surface area contributed by atoms with Gasteiger partial charge in [0.1, 0.15) is 5.82 Å². The van der Waals surface area contributed by atoms with E-state index in [-0.39, 0.29) is 11.6 Å². The molecule has 0 heterocycles. The topological polar surface area (TPSA) is 55.1 Å². The van der Waals surface area contributed by atoms with Gasteiger partial charge in [0, 0.05) is 17.9 Å². The third-order valence-electron chi connectivity index (χ3n) is 1.85. The Hall–Kier alpha value is -1.23. The molecule has 0 unspecified atom stereocenters. The Labute approximate surface area is 92.2 Å². The second kappa shape index (κ2) is 5.60. The Kier molecular flexibility index (Phi) is 4.42. The second-order valence-corrected chi connectivity index (χ2v) is 3.97. The third-order valence-corrected chi connectivity index (χ3v) is 2.47. The number of halogens is 1. The molecule has 5 heteroatoms. The van der Waals surface area contributed by atoms with E-state index < -0.39 is 5.82 Å². The van der Waals surface area contributed by atoms with Crippen molar-refractivity contribution in [3.8, 4) is 0 Å². The molecular formula is C10H13FN2OS. The van der Waals surface area contributed by atoms with Crippen molar-refractivity contribution in [2.45, 2.75) is 0 Å². The number of hydrogen-bond donors (Lipinski definition) is 2. The lowest BCUT2D eigenvalue weighted by atomic mass is 10.2. The van der Waals surface area contributed by atoms with E-state index in [1.165, 1.54) is 12.1 Å². The van der Waals surface area contributed by atoms with E-state index in [1.54, 1.807) is 11.8 Å². The Morgan fingerprint density at radius 1 is 1.60 bits per heavy atom. The maximum absolute atomic E-state index is 13.0. The minimum atomic E-state index is -0.562. The molecule has 3 nitrogen and oxygen atoms in total. The van der Waals surface area contributed by atoms with Crippen LogP contribution < -0.4 is 11.1 Å². The number of nitrogen functional groups attached to an aromatic ring is 1. The van der Waals surface area contributed by atoms with Gasteiger partial charge in [-0.3, -0.25) is 4.79 Å². The van der Waals surface area contributed by atoms with Gasteiger partial charge in [0.2, 0.25) is 0 Å². The number of thioether (sulfide) groups is 1. The standard InChI is InChI=1S/C10H13FN2OS/c1-15-5-4-13-10(14)7-2-3-9(12)8(11)6-7/h2-3,6H,4-5,12H2,1H3,(H,13,14). The van der Waals surface area contributed by atoms with E-state index in [9.17, 15) is 9.18 Å². The summed E-state index contributed by atoms with van der Waals surface area (Å²) in [7, 11) is 0. The van der Waals surface area contributed by atoms with Gasteiger partial charge < -0.3 is 11.1 Å². The lowest BCUT2D eigenvalue weighted by Crippen LogP contribution is -2.25. The van der Waals surface area contributed by atoms with Crippen LogP contribution in [-0.2, 0) is 0 Å². The second-order valence-electron chi connectivity index (χ2n) is 2.98. The molecule has 1 aromatic rings. The van der Waals surface area contributed by atoms with E-state index in [0.717, 1.165) is 11.8 Å². The highest BCUT2D eigenvalue weighted by Crippen LogP contribution is 2.11. The van der Waals surface area contributed by atoms with Gasteiger partial charge in [0.15, 0.2) is 0 Å². The molecule has 0 spiro atoms. The zero-order chi connectivity index (χ0) is 11.3. The highest BCUT2D eigenvalue weighted by Gasteiger charge is 2.07. The minimum Gasteiger partial charge on any atom is -0.396 e. The van der Waals surface area contributed by atoms with E-state index in [0.29, 0.717) is 12.1 Å². The van der Waals surface area contributed by atoms with E-state index >= 15 is 0 Å². The highest BCUT2D eigenvalue weighted by atomic mass is 32.2. The van der Waals surface area contributed by atoms with Gasteiger partial charge in [-0.2, -0.15) is 11.8 Å². The van der Waals surface area contributed by atoms with Crippen LogP contribution >= 0.6 is 11.8 Å². The fraction of sp³-hybridized carbons (Fsp3) is 0.300. The van der Waals surface area contributed by atoms with Crippen molar-refractivity contribution >= 4 is 23.4 Å². The Morgan fingerprint density at radius 2 is 2.33 bits per heavy atom. The van der Waals surface area contributed by atoms with Crippen LogP contribution in [0.15, 0.2) is 18.2 Å². The predicted octanol–water partition coefficient (Wildman–Crippen LogP) is 1.50. The summed E-state index contributed by atoms with van der Waals surface area (Å²) < 4.78 is 13.0. The molecule has 82 valence electrons. The lowest BCUT2D eigenvalue weighted by Gasteiger charge is -2.04. The van der Waals surface area contributed by atoms with Crippen LogP contribution in [-0.4, -0.2) is 24.5 Å². The quantitative estimate of drug-likeness (QED) is 0.606. The molecule has 0 aromatic heterocycles. The molecule has 0 fully saturated rings. The summed E-state index contributed by atoms with van der Waals surface area (Å²) in [5.74, 6) is -0.00103. The fourth-order valence-electron chi connectivity index (χ4n) is 1.04. The molecule has 0 saturated carbocycles. The Balaban J connectivity index is 2.62. The normalized spacial score (nSPS) is 10.0. The van der Waals surface area contributed by atoms with Crippen molar-refractivity contribution in [2.24, 2.45) is 0 Å². The summed E-state index contributed by atoms with van der Waals surface area (Å²) >= 11 is 1.64. The van der Waals surface area contributed by atoms with E-state index in [1.807, 2.05) is 6.26 Å². The van der Waals surface area contributed by atoms with Gasteiger partial charge in [-0.1, -0.05) is 0 Å². The van der Waals surface area contributed by atoms with Crippen molar-refractivity contribution in [2.75, 3.05) is 24.3 Å². The van der Waals surface area contributed by atoms with Crippen LogP contribution in [0.1, 0.15) is 10.4 Å². The summed E-state index contributed by atoms with van der Waals surface area (Å²) in [4.78, 5) is 11.5. The largest absolute Gasteiger partial charge is 0.396 e.